The van der Waals surface area contributed by atoms with Gasteiger partial charge in [-0.1, -0.05) is 29.8 Å². The van der Waals surface area contributed by atoms with E-state index in [2.05, 4.69) is 10.6 Å². The molecule has 26 heavy (non-hydrogen) atoms. The molecule has 1 aliphatic heterocycles. The summed E-state index contributed by atoms with van der Waals surface area (Å²) in [4.78, 5) is 37.3. The zero-order valence-corrected chi connectivity index (χ0v) is 14.0. The number of anilines is 1. The number of nitrogens with zero attached hydrogens (tertiary/aromatic N) is 1. The van der Waals surface area contributed by atoms with E-state index in [-0.39, 0.29) is 11.4 Å². The maximum atomic E-state index is 12.4. The van der Waals surface area contributed by atoms with E-state index in [9.17, 15) is 19.5 Å². The summed E-state index contributed by atoms with van der Waals surface area (Å²) in [7, 11) is 0. The number of hydrogen-bond donors (Lipinski definition) is 3. The third-order valence-electron chi connectivity index (χ3n) is 3.78. The Labute approximate surface area is 149 Å². The van der Waals surface area contributed by atoms with Gasteiger partial charge in [0.05, 0.1) is 0 Å². The number of rotatable bonds is 4. The minimum atomic E-state index is -0.666. The lowest BCUT2D eigenvalue weighted by atomic mass is 10.2. The first-order valence-corrected chi connectivity index (χ1v) is 7.92. The van der Waals surface area contributed by atoms with E-state index in [0.29, 0.717) is 11.3 Å². The Morgan fingerprint density at radius 2 is 1.92 bits per heavy atom. The number of benzene rings is 2. The van der Waals surface area contributed by atoms with Crippen molar-refractivity contribution in [1.82, 2.24) is 10.2 Å². The Morgan fingerprint density at radius 1 is 1.19 bits per heavy atom. The highest BCUT2D eigenvalue weighted by Gasteiger charge is 2.34. The predicted octanol–water partition coefficient (Wildman–Crippen LogP) is 2.23. The molecule has 0 spiro atoms. The van der Waals surface area contributed by atoms with Crippen LogP contribution in [0, 0.1) is 6.92 Å². The van der Waals surface area contributed by atoms with Crippen LogP contribution in [0.2, 0.25) is 0 Å². The molecule has 0 atom stereocenters. The molecule has 0 unspecified atom stereocenters. The Hall–Kier alpha value is -3.61. The molecule has 0 saturated carbocycles. The summed E-state index contributed by atoms with van der Waals surface area (Å²) in [5.41, 5.74) is 2.24. The van der Waals surface area contributed by atoms with E-state index in [0.717, 1.165) is 10.5 Å². The molecule has 0 bridgehead atoms. The van der Waals surface area contributed by atoms with Gasteiger partial charge in [-0.3, -0.25) is 9.59 Å². The van der Waals surface area contributed by atoms with Crippen molar-refractivity contribution < 1.29 is 19.5 Å². The second-order valence-corrected chi connectivity index (χ2v) is 5.89. The molecule has 1 aliphatic rings. The Kier molecular flexibility index (Phi) is 4.70. The van der Waals surface area contributed by atoms with Crippen LogP contribution >= 0.6 is 0 Å². The van der Waals surface area contributed by atoms with Crippen LogP contribution in [0.4, 0.5) is 10.5 Å². The van der Waals surface area contributed by atoms with E-state index in [4.69, 9.17) is 0 Å². The van der Waals surface area contributed by atoms with Crippen LogP contribution in [0.5, 0.6) is 5.75 Å². The first-order valence-electron chi connectivity index (χ1n) is 7.92. The van der Waals surface area contributed by atoms with Crippen LogP contribution < -0.4 is 10.6 Å². The maximum Gasteiger partial charge on any atom is 0.329 e. The lowest BCUT2D eigenvalue weighted by molar-refractivity contribution is -0.127. The van der Waals surface area contributed by atoms with Gasteiger partial charge >= 0.3 is 6.03 Å². The van der Waals surface area contributed by atoms with Gasteiger partial charge in [0.1, 0.15) is 18.0 Å². The lowest BCUT2D eigenvalue weighted by Crippen LogP contribution is -2.38. The number of nitrogens with one attached hydrogen (secondary N) is 2. The average molecular weight is 351 g/mol. The largest absolute Gasteiger partial charge is 0.508 e. The second kappa shape index (κ2) is 7.10. The second-order valence-electron chi connectivity index (χ2n) is 5.89. The zero-order valence-electron chi connectivity index (χ0n) is 14.0. The third-order valence-corrected chi connectivity index (χ3v) is 3.78. The number of imide groups is 1. The summed E-state index contributed by atoms with van der Waals surface area (Å²) in [5, 5.41) is 14.5. The molecule has 3 N–H and O–H groups in total. The van der Waals surface area contributed by atoms with E-state index in [1.165, 1.54) is 18.2 Å². The van der Waals surface area contributed by atoms with Crippen molar-refractivity contribution >= 4 is 29.6 Å². The topological polar surface area (TPSA) is 98.7 Å². The van der Waals surface area contributed by atoms with Crippen molar-refractivity contribution in [2.24, 2.45) is 0 Å². The number of carbonyl (C=O) groups is 3. The fraction of sp³-hybridized carbons (Fsp3) is 0.105. The molecular weight excluding hydrogens is 334 g/mol. The van der Waals surface area contributed by atoms with Crippen molar-refractivity contribution in [1.29, 1.82) is 0 Å². The molecule has 132 valence electrons. The number of carbonyl (C=O) groups excluding carboxylic acids is 3. The van der Waals surface area contributed by atoms with Gasteiger partial charge < -0.3 is 15.7 Å². The molecule has 0 aliphatic carbocycles. The summed E-state index contributed by atoms with van der Waals surface area (Å²) >= 11 is 0. The van der Waals surface area contributed by atoms with E-state index in [1.54, 1.807) is 24.3 Å². The molecule has 2 aromatic rings. The van der Waals surface area contributed by atoms with E-state index < -0.39 is 24.4 Å². The number of aryl methyl sites for hydroxylation is 1. The molecule has 2 aromatic carbocycles. The zero-order chi connectivity index (χ0) is 18.7. The lowest BCUT2D eigenvalue weighted by Gasteiger charge is -2.12. The molecule has 0 aromatic heterocycles. The Morgan fingerprint density at radius 3 is 2.62 bits per heavy atom. The van der Waals surface area contributed by atoms with Gasteiger partial charge in [-0.15, -0.1) is 0 Å². The van der Waals surface area contributed by atoms with Crippen LogP contribution in [0.15, 0.2) is 54.2 Å². The van der Waals surface area contributed by atoms with Crippen molar-refractivity contribution in [2.45, 2.75) is 6.92 Å². The first-order chi connectivity index (χ1) is 12.4. The fourth-order valence-electron chi connectivity index (χ4n) is 2.48. The van der Waals surface area contributed by atoms with Crippen LogP contribution in [0.3, 0.4) is 0 Å². The number of phenols is 1. The third kappa shape index (κ3) is 3.89. The molecule has 4 amide bonds. The molecular formula is C19H17N3O4. The maximum absolute atomic E-state index is 12.4. The predicted molar refractivity (Wildman–Crippen MR) is 96.1 cm³/mol. The molecule has 7 heteroatoms. The highest BCUT2D eigenvalue weighted by molar-refractivity contribution is 6.15. The SMILES string of the molecule is Cc1ccc(NC(=O)CN2C(=O)NC(=Cc3cccc(O)c3)C2=O)cc1. The van der Waals surface area contributed by atoms with Gasteiger partial charge in [0.2, 0.25) is 5.91 Å². The van der Waals surface area contributed by atoms with Crippen molar-refractivity contribution in [3.8, 4) is 5.75 Å². The molecule has 1 fully saturated rings. The first kappa shape index (κ1) is 17.2. The summed E-state index contributed by atoms with van der Waals surface area (Å²) < 4.78 is 0. The normalized spacial score (nSPS) is 15.3. The Balaban J connectivity index is 1.69. The van der Waals surface area contributed by atoms with Crippen molar-refractivity contribution in [3.63, 3.8) is 0 Å². The quantitative estimate of drug-likeness (QED) is 0.581. The summed E-state index contributed by atoms with van der Waals surface area (Å²) in [6, 6.07) is 12.8. The molecule has 7 nitrogen and oxygen atoms in total. The van der Waals surface area contributed by atoms with Gasteiger partial charge in [-0.25, -0.2) is 9.69 Å². The molecule has 3 rings (SSSR count). The molecule has 0 radical (unpaired) electrons. The summed E-state index contributed by atoms with van der Waals surface area (Å²) in [6.45, 7) is 1.54. The number of phenolic OH excluding ortho intramolecular Hbond substituents is 1. The highest BCUT2D eigenvalue weighted by Crippen LogP contribution is 2.17. The van der Waals surface area contributed by atoms with Crippen molar-refractivity contribution in [3.05, 3.63) is 65.4 Å². The van der Waals surface area contributed by atoms with Crippen molar-refractivity contribution in [2.75, 3.05) is 11.9 Å². The van der Waals surface area contributed by atoms with Gasteiger partial charge in [-0.2, -0.15) is 0 Å². The molecule has 1 saturated heterocycles. The minimum Gasteiger partial charge on any atom is -0.508 e. The fourth-order valence-corrected chi connectivity index (χ4v) is 2.48. The summed E-state index contributed by atoms with van der Waals surface area (Å²) in [6.07, 6.45) is 1.44. The summed E-state index contributed by atoms with van der Waals surface area (Å²) in [5.74, 6) is -1.03. The standard InChI is InChI=1S/C19H17N3O4/c1-12-5-7-14(8-6-12)20-17(24)11-22-18(25)16(21-19(22)26)10-13-3-2-4-15(23)9-13/h2-10,23H,11H2,1H3,(H,20,24)(H,21,26). The highest BCUT2D eigenvalue weighted by atomic mass is 16.3. The number of urea groups is 1. The smallest absolute Gasteiger partial charge is 0.329 e. The number of hydrogen-bond acceptors (Lipinski definition) is 4. The minimum absolute atomic E-state index is 0.0451. The van der Waals surface area contributed by atoms with Gasteiger partial charge in [0.15, 0.2) is 0 Å². The van der Waals surface area contributed by atoms with Gasteiger partial charge in [-0.05, 0) is 42.8 Å². The number of amides is 4. The van der Waals surface area contributed by atoms with Crippen LogP contribution in [-0.4, -0.2) is 34.4 Å². The van der Waals surface area contributed by atoms with E-state index >= 15 is 0 Å². The molecule has 1 heterocycles. The van der Waals surface area contributed by atoms with Gasteiger partial charge in [0, 0.05) is 5.69 Å². The monoisotopic (exact) mass is 351 g/mol. The Bertz CT molecular complexity index is 903. The van der Waals surface area contributed by atoms with Crippen LogP contribution in [0.25, 0.3) is 6.08 Å². The van der Waals surface area contributed by atoms with Gasteiger partial charge in [0.25, 0.3) is 5.91 Å². The number of aromatic hydroxyl groups is 1. The average Bonchev–Trinajstić information content (AvgIpc) is 2.84. The van der Waals surface area contributed by atoms with E-state index in [1.807, 2.05) is 19.1 Å². The van der Waals surface area contributed by atoms with Crippen LogP contribution in [0.1, 0.15) is 11.1 Å². The van der Waals surface area contributed by atoms with Crippen LogP contribution in [-0.2, 0) is 9.59 Å².